The lowest BCUT2D eigenvalue weighted by Crippen LogP contribution is -2.46. The molecule has 6 nitrogen and oxygen atoms in total. The first-order valence-corrected chi connectivity index (χ1v) is 6.02. The molecular formula is C12H18O6. The molecule has 3 heterocycles. The zero-order chi connectivity index (χ0) is 13.2. The van der Waals surface area contributed by atoms with Gasteiger partial charge in [-0.3, -0.25) is 0 Å². The summed E-state index contributed by atoms with van der Waals surface area (Å²) < 4.78 is 28.0. The molecule has 0 unspecified atom stereocenters. The lowest BCUT2D eigenvalue weighted by Gasteiger charge is -2.33. The number of aliphatic hydroxyl groups excluding tert-OH is 1. The van der Waals surface area contributed by atoms with Gasteiger partial charge in [-0.05, 0) is 13.8 Å². The maximum Gasteiger partial charge on any atom is 0.258 e. The summed E-state index contributed by atoms with van der Waals surface area (Å²) in [4.78, 5) is 0. The van der Waals surface area contributed by atoms with Crippen LogP contribution < -0.4 is 0 Å². The number of ether oxygens (including phenoxy) is 5. The predicted molar refractivity (Wildman–Crippen MR) is 59.5 cm³/mol. The highest BCUT2D eigenvalue weighted by atomic mass is 16.8. The highest BCUT2D eigenvalue weighted by molar-refractivity contribution is 5.21. The summed E-state index contributed by atoms with van der Waals surface area (Å²) in [6, 6.07) is 0. The number of fused-ring (bicyclic) bond motifs is 1. The van der Waals surface area contributed by atoms with Gasteiger partial charge in [0.2, 0.25) is 5.79 Å². The Balaban J connectivity index is 1.95. The summed E-state index contributed by atoms with van der Waals surface area (Å²) in [7, 11) is 0. The van der Waals surface area contributed by atoms with E-state index in [1.807, 2.05) is 0 Å². The summed E-state index contributed by atoms with van der Waals surface area (Å²) in [6.07, 6.45) is -0.391. The molecule has 2 fully saturated rings. The van der Waals surface area contributed by atoms with E-state index in [9.17, 15) is 5.11 Å². The topological polar surface area (TPSA) is 66.4 Å². The maximum absolute atomic E-state index is 10.3. The van der Waals surface area contributed by atoms with Crippen LogP contribution >= 0.6 is 0 Å². The highest BCUT2D eigenvalue weighted by Crippen LogP contribution is 2.45. The zero-order valence-corrected chi connectivity index (χ0v) is 11.0. The minimum Gasteiger partial charge on any atom is -0.504 e. The highest BCUT2D eigenvalue weighted by Gasteiger charge is 2.57. The summed E-state index contributed by atoms with van der Waals surface area (Å²) >= 11 is 0. The number of rotatable bonds is 0. The van der Waals surface area contributed by atoms with E-state index >= 15 is 0 Å². The monoisotopic (exact) mass is 258 g/mol. The van der Waals surface area contributed by atoms with Gasteiger partial charge in [-0.1, -0.05) is 0 Å². The summed E-state index contributed by atoms with van der Waals surface area (Å²) in [6.45, 7) is 7.51. The number of hydrogen-bond donors (Lipinski definition) is 1. The molecule has 2 saturated heterocycles. The van der Waals surface area contributed by atoms with Crippen molar-refractivity contribution in [1.82, 2.24) is 0 Å². The second-order valence-corrected chi connectivity index (χ2v) is 5.68. The molecule has 0 amide bonds. The van der Waals surface area contributed by atoms with E-state index in [2.05, 4.69) is 0 Å². The van der Waals surface area contributed by atoms with E-state index in [1.165, 1.54) is 0 Å². The molecule has 6 heteroatoms. The van der Waals surface area contributed by atoms with Gasteiger partial charge in [-0.15, -0.1) is 0 Å². The normalized spacial score (nSPS) is 41.0. The van der Waals surface area contributed by atoms with Crippen molar-refractivity contribution in [2.24, 2.45) is 0 Å². The van der Waals surface area contributed by atoms with Crippen LogP contribution in [0.1, 0.15) is 27.7 Å². The fraction of sp³-hybridized carbons (Fsp3) is 0.833. The van der Waals surface area contributed by atoms with E-state index in [-0.39, 0.29) is 19.0 Å². The minimum absolute atomic E-state index is 0.0881. The van der Waals surface area contributed by atoms with E-state index < -0.39 is 23.5 Å². The first kappa shape index (κ1) is 12.2. The fourth-order valence-corrected chi connectivity index (χ4v) is 2.44. The van der Waals surface area contributed by atoms with Gasteiger partial charge in [0.15, 0.2) is 17.3 Å². The SMILES string of the molecule is CC1(C)OC2=C(O)[C@@]3(COC(C)(C)O3)OC[C@H]2O1. The average molecular weight is 258 g/mol. The Morgan fingerprint density at radius 1 is 1.11 bits per heavy atom. The molecule has 18 heavy (non-hydrogen) atoms. The van der Waals surface area contributed by atoms with Crippen LogP contribution in [0.2, 0.25) is 0 Å². The van der Waals surface area contributed by atoms with E-state index in [0.717, 1.165) is 0 Å². The van der Waals surface area contributed by atoms with Crippen molar-refractivity contribution in [1.29, 1.82) is 0 Å². The van der Waals surface area contributed by atoms with Crippen molar-refractivity contribution >= 4 is 0 Å². The first-order valence-electron chi connectivity index (χ1n) is 6.02. The average Bonchev–Trinajstić information content (AvgIpc) is 2.71. The van der Waals surface area contributed by atoms with E-state index in [4.69, 9.17) is 23.7 Å². The van der Waals surface area contributed by atoms with Gasteiger partial charge in [0.1, 0.15) is 12.7 Å². The molecule has 0 saturated carbocycles. The molecule has 1 N–H and O–H groups in total. The fourth-order valence-electron chi connectivity index (χ4n) is 2.44. The molecule has 0 aromatic heterocycles. The maximum atomic E-state index is 10.3. The van der Waals surface area contributed by atoms with Crippen molar-refractivity contribution in [3.63, 3.8) is 0 Å². The third-order valence-electron chi connectivity index (χ3n) is 3.16. The van der Waals surface area contributed by atoms with Gasteiger partial charge in [0, 0.05) is 13.8 Å². The predicted octanol–water partition coefficient (Wildman–Crippen LogP) is 1.42. The van der Waals surface area contributed by atoms with Crippen molar-refractivity contribution in [3.05, 3.63) is 11.5 Å². The van der Waals surface area contributed by atoms with Crippen LogP contribution in [0.15, 0.2) is 11.5 Å². The second-order valence-electron chi connectivity index (χ2n) is 5.68. The molecule has 3 rings (SSSR count). The van der Waals surface area contributed by atoms with Crippen molar-refractivity contribution < 1.29 is 28.8 Å². The van der Waals surface area contributed by atoms with Crippen molar-refractivity contribution in [2.75, 3.05) is 13.2 Å². The van der Waals surface area contributed by atoms with Gasteiger partial charge < -0.3 is 28.8 Å². The van der Waals surface area contributed by atoms with Crippen molar-refractivity contribution in [2.45, 2.75) is 51.2 Å². The Hall–Kier alpha value is -0.820. The lowest BCUT2D eigenvalue weighted by molar-refractivity contribution is -0.260. The van der Waals surface area contributed by atoms with E-state index in [1.54, 1.807) is 27.7 Å². The molecule has 0 bridgehead atoms. The lowest BCUT2D eigenvalue weighted by atomic mass is 10.1. The zero-order valence-electron chi connectivity index (χ0n) is 11.0. The Bertz CT molecular complexity index is 413. The van der Waals surface area contributed by atoms with Crippen molar-refractivity contribution in [3.8, 4) is 0 Å². The van der Waals surface area contributed by atoms with Crippen LogP contribution in [-0.4, -0.2) is 41.8 Å². The molecule has 3 aliphatic heterocycles. The van der Waals surface area contributed by atoms with Gasteiger partial charge in [0.05, 0.1) is 6.61 Å². The largest absolute Gasteiger partial charge is 0.504 e. The van der Waals surface area contributed by atoms with Crippen LogP contribution in [0.5, 0.6) is 0 Å². The third kappa shape index (κ3) is 1.72. The molecular weight excluding hydrogens is 240 g/mol. The number of hydrogen-bond acceptors (Lipinski definition) is 6. The quantitative estimate of drug-likeness (QED) is 0.708. The van der Waals surface area contributed by atoms with Gasteiger partial charge in [0.25, 0.3) is 5.79 Å². The third-order valence-corrected chi connectivity index (χ3v) is 3.16. The van der Waals surface area contributed by atoms with Gasteiger partial charge in [-0.25, -0.2) is 0 Å². The molecule has 102 valence electrons. The Morgan fingerprint density at radius 3 is 2.44 bits per heavy atom. The summed E-state index contributed by atoms with van der Waals surface area (Å²) in [5.74, 6) is -2.53. The van der Waals surface area contributed by atoms with Crippen LogP contribution in [-0.2, 0) is 23.7 Å². The van der Waals surface area contributed by atoms with E-state index in [0.29, 0.717) is 5.76 Å². The Labute approximate surface area is 105 Å². The minimum atomic E-state index is -1.26. The molecule has 1 spiro atoms. The first-order chi connectivity index (χ1) is 8.23. The van der Waals surface area contributed by atoms with Crippen LogP contribution in [0, 0.1) is 0 Å². The standard InChI is InChI=1S/C12H18O6/c1-10(2)15-6-12(18-10)9(13)8-7(5-14-12)16-11(3,4)17-8/h7,13H,5-6H2,1-4H3/t7-,12+/m1/s1. The van der Waals surface area contributed by atoms with Gasteiger partial charge >= 0.3 is 0 Å². The molecule has 0 aromatic carbocycles. The molecule has 0 radical (unpaired) electrons. The van der Waals surface area contributed by atoms with Crippen LogP contribution in [0.3, 0.4) is 0 Å². The van der Waals surface area contributed by atoms with Crippen LogP contribution in [0.25, 0.3) is 0 Å². The molecule has 2 atom stereocenters. The second kappa shape index (κ2) is 3.39. The summed E-state index contributed by atoms with van der Waals surface area (Å²) in [5.41, 5.74) is 0. The molecule has 0 aromatic rings. The van der Waals surface area contributed by atoms with Crippen LogP contribution in [0.4, 0.5) is 0 Å². The molecule has 0 aliphatic carbocycles. The van der Waals surface area contributed by atoms with Gasteiger partial charge in [-0.2, -0.15) is 0 Å². The molecule has 3 aliphatic rings. The Kier molecular flexibility index (Phi) is 2.30. The number of aliphatic hydroxyl groups is 1. The smallest absolute Gasteiger partial charge is 0.258 e. The summed E-state index contributed by atoms with van der Waals surface area (Å²) in [5, 5.41) is 10.3. The Morgan fingerprint density at radius 2 is 1.83 bits per heavy atom.